The van der Waals surface area contributed by atoms with E-state index in [0.717, 1.165) is 16.8 Å². The van der Waals surface area contributed by atoms with Crippen LogP contribution in [0.15, 0.2) is 88.8 Å². The molecule has 1 N–H and O–H groups in total. The van der Waals surface area contributed by atoms with E-state index in [1.54, 1.807) is 25.4 Å². The van der Waals surface area contributed by atoms with Gasteiger partial charge < -0.3 is 4.42 Å². The molecular formula is C22H18N4O2S. The highest BCUT2D eigenvalue weighted by Crippen LogP contribution is 2.36. The Balaban J connectivity index is 1.59. The van der Waals surface area contributed by atoms with Crippen LogP contribution in [0.25, 0.3) is 22.6 Å². The molecule has 1 amide bonds. The quantitative estimate of drug-likeness (QED) is 0.461. The van der Waals surface area contributed by atoms with Crippen molar-refractivity contribution < 1.29 is 9.21 Å². The predicted octanol–water partition coefficient (Wildman–Crippen LogP) is 4.92. The fourth-order valence-electron chi connectivity index (χ4n) is 2.71. The van der Waals surface area contributed by atoms with Gasteiger partial charge in [-0.2, -0.15) is 0 Å². The number of hydrogen-bond acceptors (Lipinski definition) is 6. The van der Waals surface area contributed by atoms with Crippen molar-refractivity contribution in [2.75, 3.05) is 5.32 Å². The van der Waals surface area contributed by atoms with Crippen LogP contribution < -0.4 is 5.32 Å². The molecule has 6 nitrogen and oxygen atoms in total. The minimum Gasteiger partial charge on any atom is -0.431 e. The lowest BCUT2D eigenvalue weighted by molar-refractivity contribution is -0.115. The van der Waals surface area contributed by atoms with Gasteiger partial charge in [-0.3, -0.25) is 10.1 Å². The van der Waals surface area contributed by atoms with Crippen molar-refractivity contribution in [3.63, 3.8) is 0 Å². The van der Waals surface area contributed by atoms with Crippen molar-refractivity contribution in [3.05, 3.63) is 79.1 Å². The Morgan fingerprint density at radius 1 is 0.931 bits per heavy atom. The van der Waals surface area contributed by atoms with Gasteiger partial charge in [0, 0.05) is 23.5 Å². The molecule has 1 atom stereocenters. The van der Waals surface area contributed by atoms with Gasteiger partial charge in [0.05, 0.1) is 5.25 Å². The van der Waals surface area contributed by atoms with Gasteiger partial charge in [0.25, 0.3) is 5.22 Å². The summed E-state index contributed by atoms with van der Waals surface area (Å²) in [6.45, 7) is 1.79. The Morgan fingerprint density at radius 3 is 2.21 bits per heavy atom. The Kier molecular flexibility index (Phi) is 5.67. The first-order chi connectivity index (χ1) is 14.2. The maximum absolute atomic E-state index is 12.5. The standard InChI is InChI=1S/C22H18N4O2S/c1-15(20(27)26-21-23-13-8-14-24-21)29-22-25-18(16-9-4-2-5-10-16)19(28-22)17-11-6-3-7-12-17/h2-15H,1H3,(H,23,24,26,27). The summed E-state index contributed by atoms with van der Waals surface area (Å²) in [4.78, 5) is 25.2. The highest BCUT2D eigenvalue weighted by molar-refractivity contribution is 8.00. The van der Waals surface area contributed by atoms with Gasteiger partial charge in [-0.15, -0.1) is 0 Å². The van der Waals surface area contributed by atoms with Crippen molar-refractivity contribution in [1.29, 1.82) is 0 Å². The van der Waals surface area contributed by atoms with Crippen LogP contribution in [0.3, 0.4) is 0 Å². The molecule has 0 bridgehead atoms. The van der Waals surface area contributed by atoms with Crippen LogP contribution in [0.5, 0.6) is 0 Å². The van der Waals surface area contributed by atoms with Crippen LogP contribution in [-0.4, -0.2) is 26.1 Å². The molecule has 2 aromatic carbocycles. The van der Waals surface area contributed by atoms with E-state index < -0.39 is 5.25 Å². The summed E-state index contributed by atoms with van der Waals surface area (Å²) in [7, 11) is 0. The number of nitrogens with one attached hydrogen (secondary N) is 1. The summed E-state index contributed by atoms with van der Waals surface area (Å²) in [6, 6.07) is 21.4. The predicted molar refractivity (Wildman–Crippen MR) is 113 cm³/mol. The normalized spacial score (nSPS) is 11.8. The highest BCUT2D eigenvalue weighted by Gasteiger charge is 2.22. The summed E-state index contributed by atoms with van der Waals surface area (Å²) < 4.78 is 6.07. The average molecular weight is 402 g/mol. The molecule has 0 aliphatic rings. The third-order valence-corrected chi connectivity index (χ3v) is 5.08. The van der Waals surface area contributed by atoms with E-state index in [-0.39, 0.29) is 11.9 Å². The highest BCUT2D eigenvalue weighted by atomic mass is 32.2. The first-order valence-corrected chi connectivity index (χ1v) is 9.95. The number of rotatable bonds is 6. The van der Waals surface area contributed by atoms with E-state index in [9.17, 15) is 4.79 Å². The van der Waals surface area contributed by atoms with Crippen molar-refractivity contribution in [1.82, 2.24) is 15.0 Å². The first-order valence-electron chi connectivity index (χ1n) is 9.07. The number of oxazole rings is 1. The Hall–Kier alpha value is -3.45. The van der Waals surface area contributed by atoms with Crippen molar-refractivity contribution >= 4 is 23.6 Å². The zero-order valence-corrected chi connectivity index (χ0v) is 16.5. The number of anilines is 1. The second-order valence-corrected chi connectivity index (χ2v) is 7.50. The smallest absolute Gasteiger partial charge is 0.257 e. The van der Waals surface area contributed by atoms with Gasteiger partial charge in [0.1, 0.15) is 5.69 Å². The summed E-state index contributed by atoms with van der Waals surface area (Å²) in [5.74, 6) is 0.729. The minimum absolute atomic E-state index is 0.220. The van der Waals surface area contributed by atoms with Crippen LogP contribution in [0, 0.1) is 0 Å². The molecule has 0 saturated carbocycles. The van der Waals surface area contributed by atoms with Gasteiger partial charge in [0.15, 0.2) is 5.76 Å². The molecule has 2 heterocycles. The fraction of sp³-hybridized carbons (Fsp3) is 0.0909. The Morgan fingerprint density at radius 2 is 1.55 bits per heavy atom. The molecule has 29 heavy (non-hydrogen) atoms. The summed E-state index contributed by atoms with van der Waals surface area (Å²) in [6.07, 6.45) is 3.15. The van der Waals surface area contributed by atoms with Gasteiger partial charge >= 0.3 is 0 Å². The van der Waals surface area contributed by atoms with E-state index in [4.69, 9.17) is 4.42 Å². The summed E-state index contributed by atoms with van der Waals surface area (Å²) >= 11 is 1.25. The summed E-state index contributed by atoms with van der Waals surface area (Å²) in [5, 5.41) is 2.69. The maximum Gasteiger partial charge on any atom is 0.257 e. The number of hydrogen-bond donors (Lipinski definition) is 1. The molecule has 0 fully saturated rings. The number of nitrogens with zero attached hydrogens (tertiary/aromatic N) is 3. The molecular weight excluding hydrogens is 384 g/mol. The lowest BCUT2D eigenvalue weighted by Crippen LogP contribution is -2.23. The lowest BCUT2D eigenvalue weighted by Gasteiger charge is -2.08. The second kappa shape index (κ2) is 8.70. The zero-order chi connectivity index (χ0) is 20.1. The molecule has 2 aromatic heterocycles. The SMILES string of the molecule is CC(Sc1nc(-c2ccccc2)c(-c2ccccc2)o1)C(=O)Nc1ncccn1. The second-order valence-electron chi connectivity index (χ2n) is 6.21. The van der Waals surface area contributed by atoms with Crippen LogP contribution in [-0.2, 0) is 4.79 Å². The van der Waals surface area contributed by atoms with Crippen molar-refractivity contribution in [2.45, 2.75) is 17.4 Å². The molecule has 0 aliphatic carbocycles. The monoisotopic (exact) mass is 402 g/mol. The molecule has 0 saturated heterocycles. The van der Waals surface area contributed by atoms with Gasteiger partial charge in [-0.25, -0.2) is 15.0 Å². The van der Waals surface area contributed by atoms with Crippen LogP contribution in [0.1, 0.15) is 6.92 Å². The van der Waals surface area contributed by atoms with Gasteiger partial charge in [-0.1, -0.05) is 72.4 Å². The molecule has 144 valence electrons. The largest absolute Gasteiger partial charge is 0.431 e. The molecule has 0 spiro atoms. The molecule has 0 aliphatic heterocycles. The molecule has 4 aromatic rings. The van der Waals surface area contributed by atoms with E-state index in [0.29, 0.717) is 11.0 Å². The molecule has 4 rings (SSSR count). The van der Waals surface area contributed by atoms with Gasteiger partial charge in [-0.05, 0) is 13.0 Å². The molecule has 0 radical (unpaired) electrons. The van der Waals surface area contributed by atoms with E-state index in [2.05, 4.69) is 20.3 Å². The number of benzene rings is 2. The minimum atomic E-state index is -0.440. The van der Waals surface area contributed by atoms with Crippen LogP contribution in [0.4, 0.5) is 5.95 Å². The molecule has 7 heteroatoms. The maximum atomic E-state index is 12.5. The van der Waals surface area contributed by atoms with Crippen molar-refractivity contribution in [2.24, 2.45) is 0 Å². The first kappa shape index (κ1) is 18.9. The third kappa shape index (κ3) is 4.52. The number of carbonyl (C=O) groups excluding carboxylic acids is 1. The van der Waals surface area contributed by atoms with E-state index in [1.165, 1.54) is 11.8 Å². The number of aromatic nitrogens is 3. The Labute approximate surface area is 172 Å². The van der Waals surface area contributed by atoms with Crippen LogP contribution >= 0.6 is 11.8 Å². The average Bonchev–Trinajstić information content (AvgIpc) is 3.19. The van der Waals surface area contributed by atoms with E-state index in [1.807, 2.05) is 60.7 Å². The van der Waals surface area contributed by atoms with Crippen LogP contribution in [0.2, 0.25) is 0 Å². The fourth-order valence-corrected chi connectivity index (χ4v) is 3.45. The topological polar surface area (TPSA) is 80.9 Å². The summed E-state index contributed by atoms with van der Waals surface area (Å²) in [5.41, 5.74) is 2.63. The molecule has 1 unspecified atom stereocenters. The number of carbonyl (C=O) groups is 1. The van der Waals surface area contributed by atoms with Crippen molar-refractivity contribution in [3.8, 4) is 22.6 Å². The number of amides is 1. The zero-order valence-electron chi connectivity index (χ0n) is 15.6. The third-order valence-electron chi connectivity index (χ3n) is 4.14. The van der Waals surface area contributed by atoms with E-state index >= 15 is 0 Å². The number of thioether (sulfide) groups is 1. The Bertz CT molecular complexity index is 1030. The lowest BCUT2D eigenvalue weighted by atomic mass is 10.1. The van der Waals surface area contributed by atoms with Gasteiger partial charge in [0.2, 0.25) is 11.9 Å².